The second kappa shape index (κ2) is 3.64. The molecule has 2 aromatic heterocycles. The lowest BCUT2D eigenvalue weighted by atomic mass is 10.5. The summed E-state index contributed by atoms with van der Waals surface area (Å²) >= 11 is 0. The Hall–Kier alpha value is -1.99. The van der Waals surface area contributed by atoms with Crippen molar-refractivity contribution in [2.45, 2.75) is 6.43 Å². The van der Waals surface area contributed by atoms with Gasteiger partial charge in [-0.15, -0.1) is 5.10 Å². The van der Waals surface area contributed by atoms with E-state index in [1.807, 2.05) is 0 Å². The predicted octanol–water partition coefficient (Wildman–Crippen LogP) is 0.0946. The third kappa shape index (κ3) is 1.92. The standard InChI is InChI=1S/C7H7F2N5O/c8-4(9)3-10-5-1-2-6-11-12-7(15)14(6)13-5/h1-2,4H,3H2,(H,10,13)(H,12,15). The molecule has 8 heteroatoms. The number of nitrogens with zero attached hydrogens (tertiary/aromatic N) is 3. The van der Waals surface area contributed by atoms with Crippen molar-refractivity contribution < 1.29 is 8.78 Å². The van der Waals surface area contributed by atoms with Crippen molar-refractivity contribution in [2.75, 3.05) is 11.9 Å². The van der Waals surface area contributed by atoms with Crippen LogP contribution in [0.2, 0.25) is 0 Å². The first kappa shape index (κ1) is 9.56. The smallest absolute Gasteiger partial charge is 0.363 e. The second-order valence-electron chi connectivity index (χ2n) is 2.79. The van der Waals surface area contributed by atoms with Gasteiger partial charge in [0.1, 0.15) is 5.82 Å². The maximum absolute atomic E-state index is 11.9. The number of rotatable bonds is 3. The molecule has 0 spiro atoms. The van der Waals surface area contributed by atoms with Crippen molar-refractivity contribution in [3.63, 3.8) is 0 Å². The van der Waals surface area contributed by atoms with E-state index >= 15 is 0 Å². The molecule has 0 amide bonds. The Morgan fingerprint density at radius 2 is 2.33 bits per heavy atom. The SMILES string of the molecule is O=c1[nH]nc2ccc(NCC(F)F)nn12. The minimum Gasteiger partial charge on any atom is -0.363 e. The summed E-state index contributed by atoms with van der Waals surface area (Å²) in [5, 5.41) is 12.0. The highest BCUT2D eigenvalue weighted by atomic mass is 19.3. The molecule has 0 radical (unpaired) electrons. The predicted molar refractivity (Wildman–Crippen MR) is 48.1 cm³/mol. The van der Waals surface area contributed by atoms with E-state index in [0.29, 0.717) is 5.65 Å². The van der Waals surface area contributed by atoms with Crippen LogP contribution in [0.15, 0.2) is 16.9 Å². The Labute approximate surface area is 81.9 Å². The number of alkyl halides is 2. The Bertz CT molecular complexity index is 519. The molecule has 0 saturated carbocycles. The highest BCUT2D eigenvalue weighted by Gasteiger charge is 2.05. The van der Waals surface area contributed by atoms with Gasteiger partial charge in [0.15, 0.2) is 5.65 Å². The number of aromatic nitrogens is 4. The Kier molecular flexibility index (Phi) is 2.32. The first-order valence-corrected chi connectivity index (χ1v) is 4.13. The molecule has 80 valence electrons. The van der Waals surface area contributed by atoms with Crippen LogP contribution in [-0.4, -0.2) is 32.8 Å². The molecule has 2 N–H and O–H groups in total. The van der Waals surface area contributed by atoms with Gasteiger partial charge in [0.25, 0.3) is 6.43 Å². The molecule has 15 heavy (non-hydrogen) atoms. The summed E-state index contributed by atoms with van der Waals surface area (Å²) in [5.41, 5.74) is -0.173. The number of H-pyrrole nitrogens is 1. The van der Waals surface area contributed by atoms with Crippen LogP contribution >= 0.6 is 0 Å². The third-order valence-corrected chi connectivity index (χ3v) is 1.71. The van der Waals surface area contributed by atoms with Gasteiger partial charge in [-0.2, -0.15) is 9.61 Å². The molecule has 0 aliphatic heterocycles. The Morgan fingerprint density at radius 3 is 3.07 bits per heavy atom. The lowest BCUT2D eigenvalue weighted by Gasteiger charge is -2.03. The van der Waals surface area contributed by atoms with E-state index < -0.39 is 18.7 Å². The molecule has 2 heterocycles. The number of fused-ring (bicyclic) bond motifs is 1. The van der Waals surface area contributed by atoms with Gasteiger partial charge in [0.2, 0.25) is 0 Å². The fraction of sp³-hybridized carbons (Fsp3) is 0.286. The first-order chi connectivity index (χ1) is 7.16. The van der Waals surface area contributed by atoms with Gasteiger partial charge in [-0.1, -0.05) is 0 Å². The molecule has 0 unspecified atom stereocenters. The largest absolute Gasteiger partial charge is 0.364 e. The van der Waals surface area contributed by atoms with Crippen molar-refractivity contribution >= 4 is 11.5 Å². The fourth-order valence-electron chi connectivity index (χ4n) is 1.08. The van der Waals surface area contributed by atoms with E-state index in [-0.39, 0.29) is 5.82 Å². The molecular weight excluding hydrogens is 208 g/mol. The van der Waals surface area contributed by atoms with E-state index in [4.69, 9.17) is 0 Å². The normalized spacial score (nSPS) is 11.1. The van der Waals surface area contributed by atoms with Gasteiger partial charge in [-0.05, 0) is 12.1 Å². The van der Waals surface area contributed by atoms with Crippen molar-refractivity contribution in [3.05, 3.63) is 22.6 Å². The van der Waals surface area contributed by atoms with Gasteiger partial charge in [0.05, 0.1) is 6.54 Å². The van der Waals surface area contributed by atoms with Crippen LogP contribution in [0.25, 0.3) is 5.65 Å². The first-order valence-electron chi connectivity index (χ1n) is 4.13. The number of aromatic amines is 1. The van der Waals surface area contributed by atoms with Crippen LogP contribution in [0, 0.1) is 0 Å². The molecule has 0 aromatic carbocycles. The molecule has 2 aromatic rings. The number of hydrogen-bond acceptors (Lipinski definition) is 4. The van der Waals surface area contributed by atoms with Crippen LogP contribution in [0.3, 0.4) is 0 Å². The monoisotopic (exact) mass is 215 g/mol. The fourth-order valence-corrected chi connectivity index (χ4v) is 1.08. The third-order valence-electron chi connectivity index (χ3n) is 1.71. The summed E-state index contributed by atoms with van der Waals surface area (Å²) in [6.45, 7) is -0.509. The number of nitrogens with one attached hydrogen (secondary N) is 2. The topological polar surface area (TPSA) is 75.1 Å². The Morgan fingerprint density at radius 1 is 1.53 bits per heavy atom. The quantitative estimate of drug-likeness (QED) is 0.761. The van der Waals surface area contributed by atoms with E-state index in [0.717, 1.165) is 4.52 Å². The number of anilines is 1. The number of halogens is 2. The lowest BCUT2D eigenvalue weighted by Crippen LogP contribution is -2.16. The molecule has 2 rings (SSSR count). The maximum Gasteiger partial charge on any atom is 0.364 e. The molecule has 0 atom stereocenters. The zero-order valence-electron chi connectivity index (χ0n) is 7.44. The van der Waals surface area contributed by atoms with Crippen molar-refractivity contribution in [3.8, 4) is 0 Å². The average molecular weight is 215 g/mol. The lowest BCUT2D eigenvalue weighted by molar-refractivity contribution is 0.163. The highest BCUT2D eigenvalue weighted by molar-refractivity contribution is 5.42. The van der Waals surface area contributed by atoms with Gasteiger partial charge in [0, 0.05) is 0 Å². The summed E-state index contributed by atoms with van der Waals surface area (Å²) < 4.78 is 24.7. The van der Waals surface area contributed by atoms with Crippen LogP contribution in [-0.2, 0) is 0 Å². The van der Waals surface area contributed by atoms with Crippen LogP contribution < -0.4 is 11.0 Å². The molecule has 0 bridgehead atoms. The Balaban J connectivity index is 2.29. The number of hydrogen-bond donors (Lipinski definition) is 2. The summed E-state index contributed by atoms with van der Waals surface area (Å²) in [4.78, 5) is 11.1. The van der Waals surface area contributed by atoms with Crippen LogP contribution in [0.5, 0.6) is 0 Å². The summed E-state index contributed by atoms with van der Waals surface area (Å²) in [6, 6.07) is 2.97. The summed E-state index contributed by atoms with van der Waals surface area (Å²) in [7, 11) is 0. The maximum atomic E-state index is 11.9. The van der Waals surface area contributed by atoms with E-state index in [9.17, 15) is 13.6 Å². The molecule has 0 fully saturated rings. The molecule has 0 aliphatic rings. The molecule has 0 aliphatic carbocycles. The molecule has 6 nitrogen and oxygen atoms in total. The van der Waals surface area contributed by atoms with Gasteiger partial charge in [-0.3, -0.25) is 0 Å². The zero-order valence-corrected chi connectivity index (χ0v) is 7.44. The van der Waals surface area contributed by atoms with Gasteiger partial charge < -0.3 is 5.32 Å². The van der Waals surface area contributed by atoms with E-state index in [1.165, 1.54) is 12.1 Å². The van der Waals surface area contributed by atoms with Crippen molar-refractivity contribution in [2.24, 2.45) is 0 Å². The highest BCUT2D eigenvalue weighted by Crippen LogP contribution is 2.03. The van der Waals surface area contributed by atoms with Crippen LogP contribution in [0.4, 0.5) is 14.6 Å². The molecular formula is C7H7F2N5O. The minimum absolute atomic E-state index is 0.200. The zero-order chi connectivity index (χ0) is 10.8. The second-order valence-corrected chi connectivity index (χ2v) is 2.79. The van der Waals surface area contributed by atoms with Crippen molar-refractivity contribution in [1.29, 1.82) is 0 Å². The van der Waals surface area contributed by atoms with Crippen molar-refractivity contribution in [1.82, 2.24) is 19.8 Å². The summed E-state index contributed by atoms with van der Waals surface area (Å²) in [6.07, 6.45) is -2.47. The van der Waals surface area contributed by atoms with Crippen LogP contribution in [0.1, 0.15) is 0 Å². The van der Waals surface area contributed by atoms with E-state index in [1.54, 1.807) is 0 Å². The van der Waals surface area contributed by atoms with Gasteiger partial charge in [-0.25, -0.2) is 18.7 Å². The minimum atomic E-state index is -2.47. The van der Waals surface area contributed by atoms with E-state index in [2.05, 4.69) is 20.6 Å². The van der Waals surface area contributed by atoms with Gasteiger partial charge >= 0.3 is 5.69 Å². The summed E-state index contributed by atoms with van der Waals surface area (Å²) in [5.74, 6) is 0.200. The average Bonchev–Trinajstić information content (AvgIpc) is 2.57. The molecule has 0 saturated heterocycles.